The lowest BCUT2D eigenvalue weighted by atomic mass is 9.80. The zero-order chi connectivity index (χ0) is 19.8. The summed E-state index contributed by atoms with van der Waals surface area (Å²) < 4.78 is 26.3. The van der Waals surface area contributed by atoms with E-state index < -0.39 is 0 Å². The van der Waals surface area contributed by atoms with Crippen LogP contribution in [0.25, 0.3) is 16.9 Å². The van der Waals surface area contributed by atoms with Crippen LogP contribution in [0, 0.1) is 11.7 Å². The maximum atomic E-state index is 13.8. The molecule has 1 saturated carbocycles. The van der Waals surface area contributed by atoms with Crippen LogP contribution in [-0.2, 0) is 11.2 Å². The van der Waals surface area contributed by atoms with Crippen LogP contribution in [0.5, 0.6) is 0 Å². The minimum absolute atomic E-state index is 0.271. The van der Waals surface area contributed by atoms with Crippen molar-refractivity contribution in [2.75, 3.05) is 19.8 Å². The second kappa shape index (κ2) is 7.84. The molecule has 3 aromatic rings. The van der Waals surface area contributed by atoms with Crippen LogP contribution in [0.1, 0.15) is 50.1 Å². The third-order valence-corrected chi connectivity index (χ3v) is 6.20. The summed E-state index contributed by atoms with van der Waals surface area (Å²) in [6.45, 7) is 4.85. The highest BCUT2D eigenvalue weighted by molar-refractivity contribution is 5.83. The minimum atomic E-state index is -0.303. The molecule has 1 saturated heterocycles. The molecule has 2 aromatic heterocycles. The van der Waals surface area contributed by atoms with Crippen molar-refractivity contribution in [3.8, 4) is 5.95 Å². The van der Waals surface area contributed by atoms with Crippen molar-refractivity contribution >= 4 is 10.9 Å². The summed E-state index contributed by atoms with van der Waals surface area (Å²) in [5, 5.41) is 13.3. The molecule has 0 unspecified atom stereocenters. The molecule has 0 bridgehead atoms. The summed E-state index contributed by atoms with van der Waals surface area (Å²) in [6.07, 6.45) is 5.05. The number of fused-ring (bicyclic) bond motifs is 1. The number of aromatic nitrogens is 4. The molecule has 0 amide bonds. The Morgan fingerprint density at radius 3 is 2.86 bits per heavy atom. The number of ether oxygens (including phenoxy) is 1. The van der Waals surface area contributed by atoms with Crippen molar-refractivity contribution in [1.82, 2.24) is 25.2 Å². The first kappa shape index (κ1) is 18.7. The molecule has 0 atom stereocenters. The molecule has 5 rings (SSSR count). The lowest BCUT2D eigenvalue weighted by Crippen LogP contribution is -2.43. The molecule has 3 heterocycles. The Balaban J connectivity index is 1.25. The van der Waals surface area contributed by atoms with Gasteiger partial charge in [-0.2, -0.15) is 14.8 Å². The van der Waals surface area contributed by atoms with Crippen LogP contribution in [0.2, 0.25) is 0 Å². The van der Waals surface area contributed by atoms with Gasteiger partial charge in [0.2, 0.25) is 5.89 Å². The van der Waals surface area contributed by atoms with Gasteiger partial charge in [-0.15, -0.1) is 0 Å². The highest BCUT2D eigenvalue weighted by Crippen LogP contribution is 2.36. The first-order valence-electron chi connectivity index (χ1n) is 10.5. The van der Waals surface area contributed by atoms with Crippen LogP contribution < -0.4 is 5.32 Å². The number of nitrogens with one attached hydrogen (secondary N) is 1. The number of aryl methyl sites for hydroxylation is 1. The number of rotatable bonds is 6. The van der Waals surface area contributed by atoms with Gasteiger partial charge in [0, 0.05) is 36.6 Å². The van der Waals surface area contributed by atoms with Gasteiger partial charge in [0.1, 0.15) is 5.82 Å². The van der Waals surface area contributed by atoms with Crippen LogP contribution in [0.3, 0.4) is 0 Å². The van der Waals surface area contributed by atoms with Gasteiger partial charge in [-0.05, 0) is 61.9 Å². The second-order valence-electron chi connectivity index (χ2n) is 8.14. The predicted octanol–water partition coefficient (Wildman–Crippen LogP) is 3.37. The third-order valence-electron chi connectivity index (χ3n) is 6.20. The van der Waals surface area contributed by atoms with E-state index in [-0.39, 0.29) is 11.7 Å². The summed E-state index contributed by atoms with van der Waals surface area (Å²) in [4.78, 5) is 4.57. The molecule has 1 aromatic carbocycles. The Hall–Kier alpha value is -2.32. The quantitative estimate of drug-likeness (QED) is 0.685. The summed E-state index contributed by atoms with van der Waals surface area (Å²) >= 11 is 0. The first-order valence-corrected chi connectivity index (χ1v) is 10.5. The molecule has 8 heteroatoms. The Morgan fingerprint density at radius 2 is 2.07 bits per heavy atom. The fourth-order valence-corrected chi connectivity index (χ4v) is 4.31. The largest absolute Gasteiger partial charge is 0.381 e. The molecule has 0 spiro atoms. The number of hydrogen-bond donors (Lipinski definition) is 1. The maximum Gasteiger partial charge on any atom is 0.291 e. The van der Waals surface area contributed by atoms with Crippen molar-refractivity contribution in [2.45, 2.75) is 51.0 Å². The van der Waals surface area contributed by atoms with E-state index in [9.17, 15) is 4.39 Å². The van der Waals surface area contributed by atoms with E-state index in [4.69, 9.17) is 9.26 Å². The Kier molecular flexibility index (Phi) is 5.05. The average molecular weight is 399 g/mol. The number of halogens is 1. The number of benzene rings is 1. The molecule has 0 radical (unpaired) electrons. The second-order valence-corrected chi connectivity index (χ2v) is 8.14. The smallest absolute Gasteiger partial charge is 0.291 e. The lowest BCUT2D eigenvalue weighted by molar-refractivity contribution is 0.0637. The van der Waals surface area contributed by atoms with Gasteiger partial charge < -0.3 is 14.6 Å². The van der Waals surface area contributed by atoms with Crippen LogP contribution in [0.15, 0.2) is 22.7 Å². The fourth-order valence-electron chi connectivity index (χ4n) is 4.31. The average Bonchev–Trinajstić information content (AvgIpc) is 3.32. The number of hydrogen-bond acceptors (Lipinski definition) is 6. The first-order chi connectivity index (χ1) is 14.2. The molecule has 2 fully saturated rings. The predicted molar refractivity (Wildman–Crippen MR) is 106 cm³/mol. The van der Waals surface area contributed by atoms with Crippen molar-refractivity contribution < 1.29 is 13.7 Å². The monoisotopic (exact) mass is 399 g/mol. The van der Waals surface area contributed by atoms with Crippen LogP contribution in [0.4, 0.5) is 4.39 Å². The molecule has 154 valence electrons. The van der Waals surface area contributed by atoms with Gasteiger partial charge in [-0.1, -0.05) is 6.92 Å². The molecule has 29 heavy (non-hydrogen) atoms. The minimum Gasteiger partial charge on any atom is -0.381 e. The van der Waals surface area contributed by atoms with Crippen molar-refractivity contribution in [2.24, 2.45) is 5.92 Å². The Morgan fingerprint density at radius 1 is 1.24 bits per heavy atom. The van der Waals surface area contributed by atoms with E-state index in [1.807, 2.05) is 6.92 Å². The standard InChI is InChI=1S/C21H26FN5O2/c1-2-18-17-4-3-15(22)11-19(17)27(25-18)21-24-20(29-26-21)14-9-16(10-14)23-12-13-5-7-28-8-6-13/h3-4,11,13-14,16,23H,2,5-10,12H2,1H3/t14-,16+. The van der Waals surface area contributed by atoms with E-state index in [0.717, 1.165) is 68.9 Å². The van der Waals surface area contributed by atoms with Gasteiger partial charge in [-0.3, -0.25) is 0 Å². The van der Waals surface area contributed by atoms with Crippen LogP contribution in [-0.4, -0.2) is 45.7 Å². The third kappa shape index (κ3) is 3.67. The number of nitrogens with zero attached hydrogens (tertiary/aromatic N) is 4. The molecular weight excluding hydrogens is 373 g/mol. The summed E-state index contributed by atoms with van der Waals surface area (Å²) in [6, 6.07) is 5.19. The van der Waals surface area contributed by atoms with Gasteiger partial charge in [0.05, 0.1) is 11.2 Å². The lowest BCUT2D eigenvalue weighted by Gasteiger charge is -2.35. The van der Waals surface area contributed by atoms with Gasteiger partial charge in [0.15, 0.2) is 0 Å². The van der Waals surface area contributed by atoms with E-state index in [2.05, 4.69) is 20.6 Å². The van der Waals surface area contributed by atoms with Crippen LogP contribution >= 0.6 is 0 Å². The normalized spacial score (nSPS) is 22.8. The van der Waals surface area contributed by atoms with Crippen molar-refractivity contribution in [3.05, 3.63) is 35.6 Å². The summed E-state index contributed by atoms with van der Waals surface area (Å²) in [5.74, 6) is 1.70. The Bertz CT molecular complexity index is 988. The maximum absolute atomic E-state index is 13.8. The molecule has 1 N–H and O–H groups in total. The zero-order valence-electron chi connectivity index (χ0n) is 16.6. The highest BCUT2D eigenvalue weighted by Gasteiger charge is 2.35. The SMILES string of the molecule is CCc1nn(-c2noc([C@H]3C[C@@H](NCC4CCOCC4)C3)n2)c2cc(F)ccc12. The topological polar surface area (TPSA) is 78.0 Å². The summed E-state index contributed by atoms with van der Waals surface area (Å²) in [5.41, 5.74) is 1.56. The summed E-state index contributed by atoms with van der Waals surface area (Å²) in [7, 11) is 0. The highest BCUT2D eigenvalue weighted by atomic mass is 19.1. The zero-order valence-corrected chi connectivity index (χ0v) is 16.6. The van der Waals surface area contributed by atoms with Gasteiger partial charge >= 0.3 is 0 Å². The van der Waals surface area contributed by atoms with E-state index in [0.29, 0.717) is 23.4 Å². The van der Waals surface area contributed by atoms with E-state index in [1.54, 1.807) is 10.7 Å². The van der Waals surface area contributed by atoms with Crippen molar-refractivity contribution in [1.29, 1.82) is 0 Å². The molecular formula is C21H26FN5O2. The fraction of sp³-hybridized carbons (Fsp3) is 0.571. The molecule has 1 aliphatic heterocycles. The van der Waals surface area contributed by atoms with E-state index >= 15 is 0 Å². The Labute approximate surface area is 168 Å². The van der Waals surface area contributed by atoms with E-state index in [1.165, 1.54) is 12.1 Å². The van der Waals surface area contributed by atoms with Gasteiger partial charge in [0.25, 0.3) is 5.95 Å². The van der Waals surface area contributed by atoms with Gasteiger partial charge in [-0.25, -0.2) is 4.39 Å². The molecule has 7 nitrogen and oxygen atoms in total. The molecule has 2 aliphatic rings. The molecule has 1 aliphatic carbocycles. The van der Waals surface area contributed by atoms with Crippen molar-refractivity contribution in [3.63, 3.8) is 0 Å².